The normalized spacial score (nSPS) is 15.9. The van der Waals surface area contributed by atoms with Crippen molar-refractivity contribution in [1.82, 2.24) is 30.2 Å². The maximum Gasteiger partial charge on any atom is 0.410 e. The third kappa shape index (κ3) is 11.2. The quantitative estimate of drug-likeness (QED) is 0.124. The maximum atomic E-state index is 12.3. The minimum absolute atomic E-state index is 0.253. The molecule has 360 valence electrons. The molecule has 0 bridgehead atoms. The molecule has 0 saturated carbocycles. The molecule has 2 aromatic heterocycles. The van der Waals surface area contributed by atoms with Crippen molar-refractivity contribution in [3.05, 3.63) is 108 Å². The van der Waals surface area contributed by atoms with Gasteiger partial charge in [0.1, 0.15) is 29.8 Å². The highest BCUT2D eigenvalue weighted by Crippen LogP contribution is 2.40. The molecule has 1 N–H and O–H groups in total. The summed E-state index contributed by atoms with van der Waals surface area (Å²) < 4.78 is 41.5. The fourth-order valence-corrected chi connectivity index (χ4v) is 9.16. The van der Waals surface area contributed by atoms with E-state index >= 15 is 0 Å². The number of rotatable bonds is 12. The Balaban J connectivity index is 0.000000175. The number of ether oxygens (including phenoxy) is 7. The van der Waals surface area contributed by atoms with Crippen LogP contribution in [0.25, 0.3) is 33.0 Å². The van der Waals surface area contributed by atoms with Crippen LogP contribution in [-0.4, -0.2) is 90.1 Å². The van der Waals surface area contributed by atoms with Crippen LogP contribution in [0.3, 0.4) is 0 Å². The summed E-state index contributed by atoms with van der Waals surface area (Å²) in [7, 11) is 3.27. The van der Waals surface area contributed by atoms with E-state index in [9.17, 15) is 4.79 Å². The van der Waals surface area contributed by atoms with E-state index in [2.05, 4.69) is 75.5 Å². The van der Waals surface area contributed by atoms with Gasteiger partial charge in [-0.1, -0.05) is 24.3 Å². The number of carbonyl (C=O) groups is 1. The fourth-order valence-electron chi connectivity index (χ4n) is 9.16. The van der Waals surface area contributed by atoms with Crippen LogP contribution < -0.4 is 33.7 Å². The Bertz CT molecular complexity index is 2900. The van der Waals surface area contributed by atoms with Gasteiger partial charge in [0.2, 0.25) is 11.8 Å². The van der Waals surface area contributed by atoms with E-state index < -0.39 is 5.60 Å². The van der Waals surface area contributed by atoms with Crippen molar-refractivity contribution in [3.8, 4) is 46.3 Å². The number of fused-ring (bicyclic) bond motifs is 4. The second kappa shape index (κ2) is 20.7. The first-order chi connectivity index (χ1) is 33.4. The van der Waals surface area contributed by atoms with Crippen molar-refractivity contribution >= 4 is 39.0 Å². The predicted octanol–water partition coefficient (Wildman–Crippen LogP) is 11.2. The lowest BCUT2D eigenvalue weighted by Crippen LogP contribution is -2.42. The average Bonchev–Trinajstić information content (AvgIpc) is 3.92. The molecule has 0 unspecified atom stereocenters. The van der Waals surface area contributed by atoms with Gasteiger partial charge in [-0.25, -0.2) is 24.7 Å². The first-order valence-electron chi connectivity index (χ1n) is 24.0. The predicted molar refractivity (Wildman–Crippen MR) is 267 cm³/mol. The zero-order valence-electron chi connectivity index (χ0n) is 40.7. The van der Waals surface area contributed by atoms with Crippen LogP contribution in [0.1, 0.15) is 82.6 Å². The van der Waals surface area contributed by atoms with Crippen LogP contribution in [0.2, 0.25) is 0 Å². The first kappa shape index (κ1) is 47.1. The highest BCUT2D eigenvalue weighted by Gasteiger charge is 2.28. The number of carbonyl (C=O) groups excluding carboxylic acids is 1. The molecular weight excluding hydrogens is 873 g/mol. The Labute approximate surface area is 404 Å². The second-order valence-electron chi connectivity index (χ2n) is 19.1. The largest absolute Gasteiger partial charge is 0.493 e. The number of nitrogens with zero attached hydrogens (tertiary/aromatic N) is 5. The summed E-state index contributed by atoms with van der Waals surface area (Å²) in [5.74, 6) is 5.94. The van der Waals surface area contributed by atoms with Crippen LogP contribution in [0.15, 0.2) is 85.5 Å². The van der Waals surface area contributed by atoms with E-state index in [1.54, 1.807) is 19.1 Å². The van der Waals surface area contributed by atoms with Crippen LogP contribution in [0.4, 0.5) is 4.79 Å². The summed E-state index contributed by atoms with van der Waals surface area (Å²) in [5.41, 5.74) is 8.62. The van der Waals surface area contributed by atoms with Crippen molar-refractivity contribution in [3.63, 3.8) is 0 Å². The summed E-state index contributed by atoms with van der Waals surface area (Å²) >= 11 is 0. The number of hydrogen-bond acceptors (Lipinski definition) is 13. The molecule has 14 nitrogen and oxygen atoms in total. The van der Waals surface area contributed by atoms with Crippen molar-refractivity contribution in [1.29, 1.82) is 0 Å². The van der Waals surface area contributed by atoms with Gasteiger partial charge in [-0.2, -0.15) is 0 Å². The summed E-state index contributed by atoms with van der Waals surface area (Å²) in [5, 5.41) is 4.93. The highest BCUT2D eigenvalue weighted by molar-refractivity contribution is 5.88. The first-order valence-corrected chi connectivity index (χ1v) is 24.0. The van der Waals surface area contributed by atoms with Crippen molar-refractivity contribution in [2.75, 3.05) is 53.6 Å². The Morgan fingerprint density at radius 1 is 0.638 bits per heavy atom. The Morgan fingerprint density at radius 2 is 1.12 bits per heavy atom. The number of amides is 1. The van der Waals surface area contributed by atoms with E-state index in [0.717, 1.165) is 79.4 Å². The molecule has 2 fully saturated rings. The number of piperidine rings is 2. The van der Waals surface area contributed by atoms with Crippen molar-refractivity contribution in [2.24, 2.45) is 11.8 Å². The van der Waals surface area contributed by atoms with Crippen LogP contribution in [0.5, 0.6) is 46.3 Å². The fraction of sp³-hybridized carbons (Fsp3) is 0.400. The van der Waals surface area contributed by atoms with Gasteiger partial charge in [-0.15, -0.1) is 0 Å². The average molecular weight is 935 g/mol. The number of allylic oxidation sites excluding steroid dienone is 4. The molecule has 69 heavy (non-hydrogen) atoms. The summed E-state index contributed by atoms with van der Waals surface area (Å²) in [6, 6.07) is 19.9. The van der Waals surface area contributed by atoms with E-state index in [1.807, 2.05) is 57.2 Å². The van der Waals surface area contributed by atoms with Crippen molar-refractivity contribution in [2.45, 2.75) is 78.7 Å². The molecule has 2 saturated heterocycles. The standard InChI is InChI=1S/C30H35N3O5.C25H27N3O3/c1-19-6-7-21-8-9-22(14-23(19)21)37-28-24-15-26(35-5)27(16-25(24)31-18-32-28)36-17-20-10-12-33(13-11-20)29(34)38-30(2,3)4;1-16-3-4-18-5-6-19(11-20(16)18)31-25-21-12-23(29-2)24(13-22(21)27-15-28-25)30-14-17-7-9-26-10-8-17/h6,8-9,14-16,18,20H,7,10-13,17H2,1-5H3;3,5-6,11-13,15,17,26H,4,7-10,14H2,1-2H3. The molecule has 0 radical (unpaired) electrons. The minimum atomic E-state index is -0.490. The van der Waals surface area contributed by atoms with Gasteiger partial charge in [0, 0.05) is 25.2 Å². The summed E-state index contributed by atoms with van der Waals surface area (Å²) in [6.07, 6.45) is 13.1. The van der Waals surface area contributed by atoms with E-state index in [0.29, 0.717) is 78.4 Å². The van der Waals surface area contributed by atoms with Gasteiger partial charge in [0.15, 0.2) is 23.0 Å². The number of hydrogen-bond donors (Lipinski definition) is 1. The lowest BCUT2D eigenvalue weighted by Gasteiger charge is -2.33. The monoisotopic (exact) mass is 934 g/mol. The van der Waals surface area contributed by atoms with Gasteiger partial charge in [-0.05, 0) is 168 Å². The molecule has 1 amide bonds. The lowest BCUT2D eigenvalue weighted by atomic mass is 9.98. The Kier molecular flexibility index (Phi) is 14.2. The van der Waals surface area contributed by atoms with Gasteiger partial charge in [-0.3, -0.25) is 0 Å². The minimum Gasteiger partial charge on any atom is -0.493 e. The highest BCUT2D eigenvalue weighted by atomic mass is 16.6. The van der Waals surface area contributed by atoms with Gasteiger partial charge in [0.05, 0.1) is 49.2 Å². The number of likely N-dealkylation sites (tertiary alicyclic amines) is 1. The summed E-state index contributed by atoms with van der Waals surface area (Å²) in [4.78, 5) is 31.8. The third-order valence-electron chi connectivity index (χ3n) is 13.1. The molecule has 2 aliphatic heterocycles. The summed E-state index contributed by atoms with van der Waals surface area (Å²) in [6.45, 7) is 14.5. The molecule has 6 aromatic rings. The molecule has 4 heterocycles. The van der Waals surface area contributed by atoms with Crippen molar-refractivity contribution < 1.29 is 38.0 Å². The smallest absolute Gasteiger partial charge is 0.410 e. The van der Waals surface area contributed by atoms with Crippen LogP contribution >= 0.6 is 0 Å². The van der Waals surface area contributed by atoms with E-state index in [-0.39, 0.29) is 6.09 Å². The van der Waals surface area contributed by atoms with Gasteiger partial charge in [0.25, 0.3) is 0 Å². The van der Waals surface area contributed by atoms with E-state index in [1.165, 1.54) is 46.1 Å². The lowest BCUT2D eigenvalue weighted by molar-refractivity contribution is 0.0164. The van der Waals surface area contributed by atoms with Crippen LogP contribution in [-0.2, 0) is 17.6 Å². The molecular formula is C55H62N6O8. The third-order valence-corrected chi connectivity index (χ3v) is 13.1. The Hall–Kier alpha value is -6.93. The number of nitrogens with one attached hydrogen (secondary N) is 1. The van der Waals surface area contributed by atoms with Gasteiger partial charge < -0.3 is 43.4 Å². The topological polar surface area (TPSA) is 149 Å². The maximum absolute atomic E-state index is 12.3. The van der Waals surface area contributed by atoms with Gasteiger partial charge >= 0.3 is 6.09 Å². The molecule has 4 aliphatic rings. The van der Waals surface area contributed by atoms with Crippen LogP contribution in [0, 0.1) is 11.8 Å². The SMILES string of the molecule is COc1cc2c(Oc3ccc4c(c3)C(C)=CC4)ncnc2cc1OCC1CCN(C(=O)OC(C)(C)C)CC1.COc1cc2c(Oc3ccc4c(c3)C(C)=CC4)ncnc2cc1OCC1CCNCC1. The molecule has 14 heteroatoms. The zero-order chi connectivity index (χ0) is 48.1. The zero-order valence-corrected chi connectivity index (χ0v) is 40.7. The molecule has 0 atom stereocenters. The molecule has 0 spiro atoms. The van der Waals surface area contributed by atoms with E-state index in [4.69, 9.17) is 33.2 Å². The number of benzene rings is 4. The number of aromatic nitrogens is 4. The molecule has 2 aliphatic carbocycles. The number of methoxy groups -OCH3 is 2. The molecule has 10 rings (SSSR count). The molecule has 4 aromatic carbocycles. The Morgan fingerprint density at radius 3 is 1.58 bits per heavy atom. The second-order valence-corrected chi connectivity index (χ2v) is 19.1.